The second-order valence-corrected chi connectivity index (χ2v) is 7.91. The Bertz CT molecular complexity index is 611. The number of sulfone groups is 1. The third kappa shape index (κ3) is 3.27. The normalized spacial score (nSPS) is 28.0. The van der Waals surface area contributed by atoms with Gasteiger partial charge in [-0.15, -0.1) is 0 Å². The molecule has 0 spiro atoms. The van der Waals surface area contributed by atoms with Gasteiger partial charge >= 0.3 is 0 Å². The van der Waals surface area contributed by atoms with E-state index >= 15 is 0 Å². The van der Waals surface area contributed by atoms with Gasteiger partial charge in [0.2, 0.25) is 0 Å². The van der Waals surface area contributed by atoms with Crippen LogP contribution in [0.25, 0.3) is 0 Å². The van der Waals surface area contributed by atoms with E-state index in [1.165, 1.54) is 18.2 Å². The van der Waals surface area contributed by atoms with Crippen LogP contribution in [0.1, 0.15) is 30.9 Å². The van der Waals surface area contributed by atoms with Crippen molar-refractivity contribution in [3.63, 3.8) is 0 Å². The van der Waals surface area contributed by atoms with Gasteiger partial charge in [0, 0.05) is 19.2 Å². The molecule has 0 aromatic heterocycles. The molecule has 116 valence electrons. The van der Waals surface area contributed by atoms with Crippen LogP contribution >= 0.6 is 0 Å². The Morgan fingerprint density at radius 1 is 1.33 bits per heavy atom. The monoisotopic (exact) mass is 313 g/mol. The summed E-state index contributed by atoms with van der Waals surface area (Å²) in [6.45, 7) is 2.35. The molecule has 0 bridgehead atoms. The van der Waals surface area contributed by atoms with Gasteiger partial charge in [-0.2, -0.15) is 0 Å². The summed E-state index contributed by atoms with van der Waals surface area (Å²) in [7, 11) is -3.27. The first-order chi connectivity index (χ1) is 10.1. The third-order valence-corrected chi connectivity index (χ3v) is 6.08. The zero-order valence-corrected chi connectivity index (χ0v) is 12.7. The summed E-state index contributed by atoms with van der Waals surface area (Å²) in [5.41, 5.74) is 0.568. The fraction of sp³-hybridized carbons (Fsp3) is 0.600. The number of halogens is 1. The molecule has 2 heterocycles. The quantitative estimate of drug-likeness (QED) is 0.868. The van der Waals surface area contributed by atoms with Gasteiger partial charge in [-0.25, -0.2) is 12.8 Å². The summed E-state index contributed by atoms with van der Waals surface area (Å²) in [5, 5.41) is 3.40. The molecule has 21 heavy (non-hydrogen) atoms. The van der Waals surface area contributed by atoms with Gasteiger partial charge in [-0.1, -0.05) is 0 Å². The largest absolute Gasteiger partial charge is 0.381 e. The highest BCUT2D eigenvalue weighted by Gasteiger charge is 2.30. The van der Waals surface area contributed by atoms with Crippen molar-refractivity contribution in [1.82, 2.24) is 5.32 Å². The Hall–Kier alpha value is -0.980. The molecule has 2 unspecified atom stereocenters. The lowest BCUT2D eigenvalue weighted by Gasteiger charge is -2.29. The Labute approximate surface area is 124 Å². The first-order valence-electron chi connectivity index (χ1n) is 7.39. The molecule has 1 aromatic carbocycles. The van der Waals surface area contributed by atoms with Gasteiger partial charge in [0.15, 0.2) is 9.84 Å². The molecular weight excluding hydrogens is 293 g/mol. The Balaban J connectivity index is 1.76. The van der Waals surface area contributed by atoms with E-state index in [9.17, 15) is 12.8 Å². The van der Waals surface area contributed by atoms with Crippen molar-refractivity contribution in [2.24, 2.45) is 5.92 Å². The average molecular weight is 313 g/mol. The number of ether oxygens (including phenoxy) is 1. The SMILES string of the molecule is O=S1(=O)CCC(NCC2CCCOC2)c2cc(F)ccc21. The summed E-state index contributed by atoms with van der Waals surface area (Å²) in [4.78, 5) is 0.271. The first-order valence-corrected chi connectivity index (χ1v) is 9.05. The number of nitrogens with one attached hydrogen (secondary N) is 1. The molecule has 1 saturated heterocycles. The molecule has 4 nitrogen and oxygen atoms in total. The van der Waals surface area contributed by atoms with Crippen LogP contribution in [0.4, 0.5) is 4.39 Å². The minimum atomic E-state index is -3.27. The number of hydrogen-bond donors (Lipinski definition) is 1. The zero-order valence-electron chi connectivity index (χ0n) is 11.8. The maximum Gasteiger partial charge on any atom is 0.178 e. The van der Waals surface area contributed by atoms with E-state index in [-0.39, 0.29) is 16.7 Å². The van der Waals surface area contributed by atoms with Crippen molar-refractivity contribution in [3.8, 4) is 0 Å². The van der Waals surface area contributed by atoms with Gasteiger partial charge in [0.25, 0.3) is 0 Å². The number of rotatable bonds is 3. The lowest BCUT2D eigenvalue weighted by atomic mass is 9.99. The molecule has 2 aliphatic rings. The van der Waals surface area contributed by atoms with Crippen molar-refractivity contribution in [1.29, 1.82) is 0 Å². The molecule has 6 heteroatoms. The maximum absolute atomic E-state index is 13.5. The standard InChI is InChI=1S/C15H20FNO3S/c16-12-3-4-15-13(8-12)14(5-7-21(15,18)19)17-9-11-2-1-6-20-10-11/h3-4,8,11,14,17H,1-2,5-7,9-10H2. The topological polar surface area (TPSA) is 55.4 Å². The Kier molecular flexibility index (Phi) is 4.28. The predicted molar refractivity (Wildman–Crippen MR) is 77.4 cm³/mol. The predicted octanol–water partition coefficient (Wildman–Crippen LogP) is 2.06. The molecule has 0 aliphatic carbocycles. The third-order valence-electron chi connectivity index (χ3n) is 4.27. The molecule has 1 fully saturated rings. The Morgan fingerprint density at radius 2 is 2.19 bits per heavy atom. The van der Waals surface area contributed by atoms with Crippen molar-refractivity contribution in [3.05, 3.63) is 29.6 Å². The average Bonchev–Trinajstić information content (AvgIpc) is 2.47. The van der Waals surface area contributed by atoms with E-state index in [1.807, 2.05) is 0 Å². The van der Waals surface area contributed by atoms with Gasteiger partial charge in [-0.05, 0) is 48.9 Å². The molecule has 0 amide bonds. The first kappa shape index (κ1) is 14.9. The molecule has 2 aliphatic heterocycles. The van der Waals surface area contributed by atoms with Crippen LogP contribution in [-0.4, -0.2) is 33.9 Å². The lowest BCUT2D eigenvalue weighted by Crippen LogP contribution is -2.35. The highest BCUT2D eigenvalue weighted by Crippen LogP contribution is 2.32. The van der Waals surface area contributed by atoms with Crippen molar-refractivity contribution in [2.45, 2.75) is 30.2 Å². The molecule has 1 N–H and O–H groups in total. The van der Waals surface area contributed by atoms with Crippen LogP contribution in [0, 0.1) is 11.7 Å². The van der Waals surface area contributed by atoms with Gasteiger partial charge in [0.1, 0.15) is 5.82 Å². The van der Waals surface area contributed by atoms with Crippen molar-refractivity contribution >= 4 is 9.84 Å². The summed E-state index contributed by atoms with van der Waals surface area (Å²) >= 11 is 0. The summed E-state index contributed by atoms with van der Waals surface area (Å²) in [6.07, 6.45) is 2.68. The Morgan fingerprint density at radius 3 is 2.95 bits per heavy atom. The van der Waals surface area contributed by atoms with E-state index in [1.54, 1.807) is 0 Å². The minimum absolute atomic E-state index is 0.0962. The van der Waals surface area contributed by atoms with Crippen LogP contribution < -0.4 is 5.32 Å². The second kappa shape index (κ2) is 6.02. The zero-order chi connectivity index (χ0) is 14.9. The fourth-order valence-corrected chi connectivity index (χ4v) is 4.70. The molecule has 1 aromatic rings. The summed E-state index contributed by atoms with van der Waals surface area (Å²) in [6, 6.07) is 3.85. The maximum atomic E-state index is 13.5. The molecule has 2 atom stereocenters. The van der Waals surface area contributed by atoms with Crippen LogP contribution in [-0.2, 0) is 14.6 Å². The van der Waals surface area contributed by atoms with Crippen LogP contribution in [0.5, 0.6) is 0 Å². The number of fused-ring (bicyclic) bond motifs is 1. The lowest BCUT2D eigenvalue weighted by molar-refractivity contribution is 0.0537. The number of hydrogen-bond acceptors (Lipinski definition) is 4. The van der Waals surface area contributed by atoms with Crippen molar-refractivity contribution < 1.29 is 17.5 Å². The highest BCUT2D eigenvalue weighted by atomic mass is 32.2. The summed E-state index contributed by atoms with van der Waals surface area (Å²) in [5.74, 6) is 0.178. The molecular formula is C15H20FNO3S. The van der Waals surface area contributed by atoms with Gasteiger partial charge < -0.3 is 10.1 Å². The van der Waals surface area contributed by atoms with E-state index in [2.05, 4.69) is 5.32 Å². The van der Waals surface area contributed by atoms with E-state index < -0.39 is 15.7 Å². The molecule has 3 rings (SSSR count). The second-order valence-electron chi connectivity index (χ2n) is 5.83. The van der Waals surface area contributed by atoms with E-state index in [0.29, 0.717) is 17.9 Å². The smallest absolute Gasteiger partial charge is 0.178 e. The number of benzene rings is 1. The highest BCUT2D eigenvalue weighted by molar-refractivity contribution is 7.91. The van der Waals surface area contributed by atoms with Crippen molar-refractivity contribution in [2.75, 3.05) is 25.5 Å². The van der Waals surface area contributed by atoms with E-state index in [0.717, 1.165) is 32.6 Å². The molecule has 0 radical (unpaired) electrons. The van der Waals surface area contributed by atoms with Gasteiger partial charge in [0.05, 0.1) is 17.3 Å². The van der Waals surface area contributed by atoms with Gasteiger partial charge in [-0.3, -0.25) is 0 Å². The minimum Gasteiger partial charge on any atom is -0.381 e. The van der Waals surface area contributed by atoms with Crippen LogP contribution in [0.15, 0.2) is 23.1 Å². The van der Waals surface area contributed by atoms with Crippen LogP contribution in [0.2, 0.25) is 0 Å². The fourth-order valence-electron chi connectivity index (χ4n) is 3.10. The van der Waals surface area contributed by atoms with Crippen LogP contribution in [0.3, 0.4) is 0 Å². The van der Waals surface area contributed by atoms with E-state index in [4.69, 9.17) is 4.74 Å². The molecule has 0 saturated carbocycles. The summed E-state index contributed by atoms with van der Waals surface area (Å²) < 4.78 is 43.1.